The van der Waals surface area contributed by atoms with Crippen LogP contribution in [-0.4, -0.2) is 29.6 Å². The Bertz CT molecular complexity index is 329. The number of hydrogen-bond donors (Lipinski definition) is 2. The maximum absolute atomic E-state index is 10.9. The molecular formula is C12H19NO2S. The Morgan fingerprint density at radius 3 is 3.06 bits per heavy atom. The highest BCUT2D eigenvalue weighted by Crippen LogP contribution is 2.59. The van der Waals surface area contributed by atoms with E-state index >= 15 is 0 Å². The van der Waals surface area contributed by atoms with E-state index in [0.29, 0.717) is 18.4 Å². The third kappa shape index (κ3) is 1.89. The Hall–Kier alpha value is -0.480. The summed E-state index contributed by atoms with van der Waals surface area (Å²) in [5.74, 6) is 1.47. The number of hydrogen-bond acceptors (Lipinski definition) is 3. The molecule has 0 spiro atoms. The number of carbonyl (C=O) groups is 1. The van der Waals surface area contributed by atoms with Gasteiger partial charge in [-0.05, 0) is 42.9 Å². The van der Waals surface area contributed by atoms with Gasteiger partial charge in [0.1, 0.15) is 0 Å². The number of fused-ring (bicyclic) bond motifs is 1. The summed E-state index contributed by atoms with van der Waals surface area (Å²) < 4.78 is 0. The van der Waals surface area contributed by atoms with Crippen LogP contribution in [0.4, 0.5) is 0 Å². The SMILES string of the molecule is CSCC1=C[C@H]2[C@@H](C1)C[C@@]2(CN)CC(=O)O. The molecule has 2 rings (SSSR count). The molecule has 0 aliphatic heterocycles. The van der Waals surface area contributed by atoms with Gasteiger partial charge in [-0.3, -0.25) is 4.79 Å². The predicted molar refractivity (Wildman–Crippen MR) is 66.4 cm³/mol. The third-order valence-corrected chi connectivity index (χ3v) is 4.72. The van der Waals surface area contributed by atoms with Gasteiger partial charge in [-0.1, -0.05) is 11.6 Å². The van der Waals surface area contributed by atoms with E-state index in [-0.39, 0.29) is 11.8 Å². The van der Waals surface area contributed by atoms with E-state index in [1.165, 1.54) is 5.57 Å². The maximum atomic E-state index is 10.9. The Morgan fingerprint density at radius 1 is 1.75 bits per heavy atom. The molecule has 0 aromatic carbocycles. The Morgan fingerprint density at radius 2 is 2.50 bits per heavy atom. The predicted octanol–water partition coefficient (Wildman–Crippen LogP) is 1.74. The summed E-state index contributed by atoms with van der Waals surface area (Å²) in [5.41, 5.74) is 7.14. The van der Waals surface area contributed by atoms with Gasteiger partial charge >= 0.3 is 5.97 Å². The zero-order valence-corrected chi connectivity index (χ0v) is 10.4. The van der Waals surface area contributed by atoms with Gasteiger partial charge in [0.25, 0.3) is 0 Å². The highest BCUT2D eigenvalue weighted by molar-refractivity contribution is 7.98. The van der Waals surface area contributed by atoms with Crippen LogP contribution in [0.15, 0.2) is 11.6 Å². The van der Waals surface area contributed by atoms with Gasteiger partial charge in [0.05, 0.1) is 6.42 Å². The standard InChI is InChI=1S/C12H19NO2S/c1-16-6-8-2-9-4-12(7-13,5-11(14)15)10(9)3-8/h3,9-10H,2,4-7,13H2,1H3,(H,14,15)/t9-,10-,12-/m0/s1. The molecule has 2 aliphatic rings. The first-order valence-corrected chi connectivity index (χ1v) is 7.11. The lowest BCUT2D eigenvalue weighted by atomic mass is 9.53. The number of allylic oxidation sites excluding steroid dienone is 1. The number of rotatable bonds is 5. The minimum absolute atomic E-state index is 0.142. The molecule has 90 valence electrons. The lowest BCUT2D eigenvalue weighted by Gasteiger charge is -2.51. The molecule has 3 nitrogen and oxygen atoms in total. The van der Waals surface area contributed by atoms with Crippen LogP contribution in [0, 0.1) is 17.3 Å². The summed E-state index contributed by atoms with van der Waals surface area (Å²) in [4.78, 5) is 10.9. The first-order chi connectivity index (χ1) is 7.61. The minimum Gasteiger partial charge on any atom is -0.481 e. The second kappa shape index (κ2) is 4.41. The zero-order valence-electron chi connectivity index (χ0n) is 9.61. The summed E-state index contributed by atoms with van der Waals surface area (Å²) in [7, 11) is 0. The van der Waals surface area contributed by atoms with Gasteiger partial charge < -0.3 is 10.8 Å². The molecule has 0 bridgehead atoms. The molecule has 0 aromatic heterocycles. The van der Waals surface area contributed by atoms with E-state index in [9.17, 15) is 4.79 Å². The van der Waals surface area contributed by atoms with E-state index in [4.69, 9.17) is 10.8 Å². The molecular weight excluding hydrogens is 222 g/mol. The van der Waals surface area contributed by atoms with E-state index in [2.05, 4.69) is 12.3 Å². The van der Waals surface area contributed by atoms with Crippen LogP contribution in [0.2, 0.25) is 0 Å². The number of nitrogens with two attached hydrogens (primary N) is 1. The quantitative estimate of drug-likeness (QED) is 0.720. The number of aliphatic carboxylic acids is 1. The number of carboxylic acids is 1. The topological polar surface area (TPSA) is 63.3 Å². The molecule has 0 amide bonds. The Kier molecular flexibility index (Phi) is 3.31. The van der Waals surface area contributed by atoms with Crippen LogP contribution in [0.1, 0.15) is 19.3 Å². The second-order valence-electron chi connectivity index (χ2n) is 5.09. The van der Waals surface area contributed by atoms with Crippen molar-refractivity contribution in [2.45, 2.75) is 19.3 Å². The average molecular weight is 241 g/mol. The highest BCUT2D eigenvalue weighted by Gasteiger charge is 2.54. The van der Waals surface area contributed by atoms with E-state index < -0.39 is 5.97 Å². The van der Waals surface area contributed by atoms with Gasteiger partial charge in [0, 0.05) is 5.75 Å². The summed E-state index contributed by atoms with van der Waals surface area (Å²) in [5, 5.41) is 8.95. The molecule has 2 aliphatic carbocycles. The molecule has 0 aromatic rings. The fraction of sp³-hybridized carbons (Fsp3) is 0.750. The van der Waals surface area contributed by atoms with Crippen LogP contribution in [0.3, 0.4) is 0 Å². The normalized spacial score (nSPS) is 36.5. The van der Waals surface area contributed by atoms with Crippen molar-refractivity contribution < 1.29 is 9.90 Å². The Balaban J connectivity index is 2.07. The molecule has 4 heteroatoms. The molecule has 0 unspecified atom stereocenters. The largest absolute Gasteiger partial charge is 0.481 e. The van der Waals surface area contributed by atoms with Crippen molar-refractivity contribution in [1.29, 1.82) is 0 Å². The number of thioether (sulfide) groups is 1. The second-order valence-corrected chi connectivity index (χ2v) is 5.96. The summed E-state index contributed by atoms with van der Waals surface area (Å²) in [6, 6.07) is 0. The number of carboxylic acid groups (broad SMARTS) is 1. The molecule has 16 heavy (non-hydrogen) atoms. The van der Waals surface area contributed by atoms with Gasteiger partial charge in [-0.15, -0.1) is 0 Å². The third-order valence-electron chi connectivity index (χ3n) is 4.06. The van der Waals surface area contributed by atoms with E-state index in [1.54, 1.807) is 0 Å². The summed E-state index contributed by atoms with van der Waals surface area (Å²) in [6.07, 6.45) is 6.80. The lowest BCUT2D eigenvalue weighted by molar-refractivity contribution is -0.144. The van der Waals surface area contributed by atoms with Gasteiger partial charge in [0.15, 0.2) is 0 Å². The van der Waals surface area contributed by atoms with E-state index in [1.807, 2.05) is 11.8 Å². The fourth-order valence-electron chi connectivity index (χ4n) is 3.37. The van der Waals surface area contributed by atoms with Crippen molar-refractivity contribution in [3.63, 3.8) is 0 Å². The smallest absolute Gasteiger partial charge is 0.303 e. The first kappa shape index (κ1) is 12.0. The maximum Gasteiger partial charge on any atom is 0.303 e. The molecule has 1 fully saturated rings. The van der Waals surface area contributed by atoms with Crippen LogP contribution < -0.4 is 5.73 Å². The molecule has 1 saturated carbocycles. The van der Waals surface area contributed by atoms with Crippen LogP contribution in [0.25, 0.3) is 0 Å². The van der Waals surface area contributed by atoms with Crippen molar-refractivity contribution in [3.8, 4) is 0 Å². The van der Waals surface area contributed by atoms with E-state index in [0.717, 1.165) is 18.6 Å². The van der Waals surface area contributed by atoms with Crippen molar-refractivity contribution >= 4 is 17.7 Å². The van der Waals surface area contributed by atoms with Crippen LogP contribution in [-0.2, 0) is 4.79 Å². The van der Waals surface area contributed by atoms with Gasteiger partial charge in [0.2, 0.25) is 0 Å². The lowest BCUT2D eigenvalue weighted by Crippen LogP contribution is -2.51. The molecule has 0 radical (unpaired) electrons. The van der Waals surface area contributed by atoms with Gasteiger partial charge in [-0.25, -0.2) is 0 Å². The molecule has 0 saturated heterocycles. The van der Waals surface area contributed by atoms with Gasteiger partial charge in [-0.2, -0.15) is 11.8 Å². The first-order valence-electron chi connectivity index (χ1n) is 5.71. The summed E-state index contributed by atoms with van der Waals surface area (Å²) in [6.45, 7) is 0.503. The van der Waals surface area contributed by atoms with Crippen LogP contribution in [0.5, 0.6) is 0 Å². The molecule has 3 N–H and O–H groups in total. The van der Waals surface area contributed by atoms with Crippen molar-refractivity contribution in [3.05, 3.63) is 11.6 Å². The van der Waals surface area contributed by atoms with Crippen LogP contribution >= 0.6 is 11.8 Å². The molecule has 0 heterocycles. The highest BCUT2D eigenvalue weighted by atomic mass is 32.2. The monoisotopic (exact) mass is 241 g/mol. The minimum atomic E-state index is -0.712. The van der Waals surface area contributed by atoms with Crippen molar-refractivity contribution in [1.82, 2.24) is 0 Å². The van der Waals surface area contributed by atoms with Crippen molar-refractivity contribution in [2.24, 2.45) is 23.0 Å². The summed E-state index contributed by atoms with van der Waals surface area (Å²) >= 11 is 1.84. The Labute approximate surface area is 100 Å². The average Bonchev–Trinajstić information content (AvgIpc) is 2.54. The zero-order chi connectivity index (χ0) is 11.8. The fourth-order valence-corrected chi connectivity index (χ4v) is 3.96. The van der Waals surface area contributed by atoms with Crippen molar-refractivity contribution in [2.75, 3.05) is 18.6 Å². The molecule has 3 atom stereocenters.